The van der Waals surface area contributed by atoms with Gasteiger partial charge in [0.1, 0.15) is 6.29 Å². The normalized spacial score (nSPS) is 15.9. The van der Waals surface area contributed by atoms with Crippen molar-refractivity contribution in [2.24, 2.45) is 0 Å². The zero-order chi connectivity index (χ0) is 20.6. The fraction of sp³-hybridized carbons (Fsp3) is 0.208. The number of carbonyl (C=O) groups is 1. The van der Waals surface area contributed by atoms with Crippen molar-refractivity contribution >= 4 is 22.0 Å². The molecule has 0 N–H and O–H groups in total. The number of benzene rings is 3. The van der Waals surface area contributed by atoms with Crippen LogP contribution in [-0.4, -0.2) is 21.2 Å². The molecule has 5 heteroatoms. The summed E-state index contributed by atoms with van der Waals surface area (Å²) in [5.41, 5.74) is 5.01. The van der Waals surface area contributed by atoms with Crippen LogP contribution in [0, 0.1) is 13.8 Å². The van der Waals surface area contributed by atoms with Crippen molar-refractivity contribution in [2.45, 2.75) is 31.1 Å². The Bertz CT molecular complexity index is 1150. The van der Waals surface area contributed by atoms with E-state index in [0.29, 0.717) is 24.2 Å². The molecule has 0 aromatic heterocycles. The molecule has 3 aromatic rings. The number of nitrogens with zero attached hydrogens (tertiary/aromatic N) is 1. The van der Waals surface area contributed by atoms with Gasteiger partial charge in [0.15, 0.2) is 0 Å². The van der Waals surface area contributed by atoms with E-state index >= 15 is 0 Å². The topological polar surface area (TPSA) is 54.5 Å². The van der Waals surface area contributed by atoms with Gasteiger partial charge < -0.3 is 0 Å². The second kappa shape index (κ2) is 7.48. The van der Waals surface area contributed by atoms with E-state index in [4.69, 9.17) is 0 Å². The predicted molar refractivity (Wildman–Crippen MR) is 115 cm³/mol. The highest BCUT2D eigenvalue weighted by Crippen LogP contribution is 2.43. The molecule has 0 saturated heterocycles. The van der Waals surface area contributed by atoms with Crippen LogP contribution in [0.1, 0.15) is 38.5 Å². The first-order chi connectivity index (χ1) is 13.9. The van der Waals surface area contributed by atoms with Crippen molar-refractivity contribution in [3.8, 4) is 0 Å². The Morgan fingerprint density at radius 2 is 1.66 bits per heavy atom. The van der Waals surface area contributed by atoms with Crippen molar-refractivity contribution in [3.05, 3.63) is 94.5 Å². The maximum absolute atomic E-state index is 13.5. The van der Waals surface area contributed by atoms with E-state index in [1.807, 2.05) is 56.3 Å². The highest BCUT2D eigenvalue weighted by molar-refractivity contribution is 7.92. The highest BCUT2D eigenvalue weighted by atomic mass is 32.2. The molecule has 0 aliphatic carbocycles. The number of hydrogen-bond acceptors (Lipinski definition) is 3. The first-order valence-corrected chi connectivity index (χ1v) is 11.1. The van der Waals surface area contributed by atoms with Gasteiger partial charge in [-0.05, 0) is 61.2 Å². The molecule has 29 heavy (non-hydrogen) atoms. The van der Waals surface area contributed by atoms with Gasteiger partial charge in [-0.2, -0.15) is 0 Å². The minimum Gasteiger partial charge on any atom is -0.298 e. The number of aldehydes is 1. The zero-order valence-corrected chi connectivity index (χ0v) is 17.3. The Morgan fingerprint density at radius 1 is 0.966 bits per heavy atom. The molecular formula is C24H23NO3S. The lowest BCUT2D eigenvalue weighted by Gasteiger charge is -2.20. The number of carbonyl (C=O) groups excluding carboxylic acids is 1. The molecule has 1 aliphatic heterocycles. The lowest BCUT2D eigenvalue weighted by atomic mass is 9.90. The van der Waals surface area contributed by atoms with Gasteiger partial charge in [-0.1, -0.05) is 48.0 Å². The average Bonchev–Trinajstić information content (AvgIpc) is 3.07. The van der Waals surface area contributed by atoms with Crippen molar-refractivity contribution in [1.82, 2.24) is 0 Å². The predicted octanol–water partition coefficient (Wildman–Crippen LogP) is 4.65. The summed E-state index contributed by atoms with van der Waals surface area (Å²) in [7, 11) is -3.72. The van der Waals surface area contributed by atoms with Crippen molar-refractivity contribution in [2.75, 3.05) is 10.8 Å². The fourth-order valence-electron chi connectivity index (χ4n) is 4.07. The quantitative estimate of drug-likeness (QED) is 0.581. The molecule has 0 unspecified atom stereocenters. The lowest BCUT2D eigenvalue weighted by Crippen LogP contribution is -2.30. The second-order valence-corrected chi connectivity index (χ2v) is 9.50. The highest BCUT2D eigenvalue weighted by Gasteiger charge is 2.38. The van der Waals surface area contributed by atoms with Gasteiger partial charge in [-0.25, -0.2) is 8.42 Å². The van der Waals surface area contributed by atoms with Gasteiger partial charge in [-0.3, -0.25) is 9.10 Å². The number of hydrogen-bond donors (Lipinski definition) is 0. The maximum Gasteiger partial charge on any atom is 0.264 e. The van der Waals surface area contributed by atoms with Gasteiger partial charge in [0.05, 0.1) is 10.6 Å². The van der Waals surface area contributed by atoms with Crippen LogP contribution in [0.2, 0.25) is 0 Å². The largest absolute Gasteiger partial charge is 0.298 e. The number of aryl methyl sites for hydroxylation is 2. The van der Waals surface area contributed by atoms with Gasteiger partial charge >= 0.3 is 0 Å². The van der Waals surface area contributed by atoms with Gasteiger partial charge in [0.2, 0.25) is 0 Å². The van der Waals surface area contributed by atoms with E-state index in [0.717, 1.165) is 28.5 Å². The van der Waals surface area contributed by atoms with Crippen molar-refractivity contribution < 1.29 is 13.2 Å². The summed E-state index contributed by atoms with van der Waals surface area (Å²) in [6, 6.07) is 20.6. The molecule has 0 amide bonds. The van der Waals surface area contributed by atoms with E-state index in [-0.39, 0.29) is 10.8 Å². The Morgan fingerprint density at radius 3 is 2.31 bits per heavy atom. The Hall–Kier alpha value is -2.92. The molecular weight excluding hydrogens is 382 g/mol. The fourth-order valence-corrected chi connectivity index (χ4v) is 5.60. The number of rotatable bonds is 5. The molecule has 0 fully saturated rings. The third-order valence-corrected chi connectivity index (χ3v) is 7.25. The van der Waals surface area contributed by atoms with Crippen LogP contribution in [0.15, 0.2) is 71.6 Å². The molecule has 0 saturated carbocycles. The van der Waals surface area contributed by atoms with Crippen LogP contribution in [0.4, 0.5) is 5.69 Å². The monoisotopic (exact) mass is 405 g/mol. The lowest BCUT2D eigenvalue weighted by molar-refractivity contribution is 0.112. The number of anilines is 1. The van der Waals surface area contributed by atoms with E-state index < -0.39 is 10.0 Å². The van der Waals surface area contributed by atoms with Crippen molar-refractivity contribution in [1.29, 1.82) is 0 Å². The first-order valence-electron chi connectivity index (χ1n) is 9.63. The first kappa shape index (κ1) is 19.4. The van der Waals surface area contributed by atoms with E-state index in [1.54, 1.807) is 24.3 Å². The summed E-state index contributed by atoms with van der Waals surface area (Å²) >= 11 is 0. The maximum atomic E-state index is 13.5. The Balaban J connectivity index is 1.82. The van der Waals surface area contributed by atoms with Gasteiger partial charge in [0, 0.05) is 18.0 Å². The standard InChI is InChI=1S/C24H23NO3S/c1-17-8-10-22(11-9-17)29(27,28)25-15-20(14-19-6-4-3-5-7-19)24-21(16-26)12-18(2)13-23(24)25/h3-13,16,20H,14-15H2,1-2H3/t20-/m0/s1. The molecule has 1 aliphatic rings. The van der Waals surface area contributed by atoms with Crippen LogP contribution < -0.4 is 4.31 Å². The Labute approximate surface area is 171 Å². The molecule has 0 spiro atoms. The number of sulfonamides is 1. The summed E-state index contributed by atoms with van der Waals surface area (Å²) in [4.78, 5) is 12.1. The zero-order valence-electron chi connectivity index (χ0n) is 16.5. The molecule has 4 rings (SSSR count). The Kier molecular flexibility index (Phi) is 5.01. The summed E-state index contributed by atoms with van der Waals surface area (Å²) in [5.74, 6) is -0.0755. The van der Waals surface area contributed by atoms with Crippen LogP contribution in [0.3, 0.4) is 0 Å². The minimum absolute atomic E-state index is 0.0755. The van der Waals surface area contributed by atoms with Crippen LogP contribution in [0.5, 0.6) is 0 Å². The summed E-state index contributed by atoms with van der Waals surface area (Å²) < 4.78 is 28.4. The van der Waals surface area contributed by atoms with E-state index in [1.165, 1.54) is 4.31 Å². The molecule has 1 atom stereocenters. The van der Waals surface area contributed by atoms with Gasteiger partial charge in [-0.15, -0.1) is 0 Å². The van der Waals surface area contributed by atoms with E-state index in [9.17, 15) is 13.2 Å². The molecule has 3 aromatic carbocycles. The summed E-state index contributed by atoms with van der Waals surface area (Å²) in [6.45, 7) is 4.14. The van der Waals surface area contributed by atoms with Crippen LogP contribution in [0.25, 0.3) is 0 Å². The van der Waals surface area contributed by atoms with Gasteiger partial charge in [0.25, 0.3) is 10.0 Å². The third-order valence-electron chi connectivity index (χ3n) is 5.46. The third kappa shape index (κ3) is 3.58. The van der Waals surface area contributed by atoms with E-state index in [2.05, 4.69) is 0 Å². The minimum atomic E-state index is -3.72. The molecule has 148 valence electrons. The molecule has 0 bridgehead atoms. The average molecular weight is 406 g/mol. The molecule has 4 nitrogen and oxygen atoms in total. The van der Waals surface area contributed by atoms with Crippen molar-refractivity contribution in [3.63, 3.8) is 0 Å². The molecule has 1 heterocycles. The second-order valence-electron chi connectivity index (χ2n) is 7.64. The molecule has 0 radical (unpaired) electrons. The SMILES string of the molecule is Cc1ccc(S(=O)(=O)N2C[C@H](Cc3ccccc3)c3c(C=O)cc(C)cc32)cc1. The van der Waals surface area contributed by atoms with Crippen LogP contribution >= 0.6 is 0 Å². The van der Waals surface area contributed by atoms with Crippen LogP contribution in [-0.2, 0) is 16.4 Å². The summed E-state index contributed by atoms with van der Waals surface area (Å²) in [6.07, 6.45) is 1.52. The smallest absolute Gasteiger partial charge is 0.264 e. The number of fused-ring (bicyclic) bond motifs is 1. The summed E-state index contributed by atoms with van der Waals surface area (Å²) in [5, 5.41) is 0.